The molecule has 212 valence electrons. The number of phenolic OH excluding ortho intramolecular Hbond substituents is 1. The van der Waals surface area contributed by atoms with Crippen LogP contribution >= 0.6 is 0 Å². The lowest BCUT2D eigenvalue weighted by molar-refractivity contribution is -0.138. The van der Waals surface area contributed by atoms with Gasteiger partial charge in [-0.2, -0.15) is 5.01 Å². The van der Waals surface area contributed by atoms with Gasteiger partial charge in [-0.15, -0.1) is 0 Å². The molecule has 7 rings (SSSR count). The summed E-state index contributed by atoms with van der Waals surface area (Å²) in [5.41, 5.74) is 6.47. The van der Waals surface area contributed by atoms with Gasteiger partial charge in [-0.3, -0.25) is 29.9 Å². The summed E-state index contributed by atoms with van der Waals surface area (Å²) in [6, 6.07) is 22.2. The molecule has 2 aliphatic carbocycles. The molecule has 42 heavy (non-hydrogen) atoms. The van der Waals surface area contributed by atoms with Gasteiger partial charge in [0.25, 0.3) is 11.8 Å². The van der Waals surface area contributed by atoms with Crippen molar-refractivity contribution < 1.29 is 24.3 Å². The molecule has 1 saturated carbocycles. The van der Waals surface area contributed by atoms with E-state index < -0.39 is 35.0 Å². The fourth-order valence-electron chi connectivity index (χ4n) is 7.89. The molecule has 3 fully saturated rings. The molecule has 3 N–H and O–H groups in total. The molecule has 2 aliphatic heterocycles. The predicted molar refractivity (Wildman–Crippen MR) is 155 cm³/mol. The third-order valence-electron chi connectivity index (χ3n) is 9.79. The Morgan fingerprint density at radius 1 is 0.905 bits per heavy atom. The normalized spacial score (nSPS) is 29.9. The minimum absolute atomic E-state index is 0.131. The third-order valence-corrected chi connectivity index (χ3v) is 9.79. The van der Waals surface area contributed by atoms with Crippen molar-refractivity contribution in [3.8, 4) is 5.75 Å². The second-order valence-corrected chi connectivity index (χ2v) is 12.0. The minimum Gasteiger partial charge on any atom is -0.508 e. The van der Waals surface area contributed by atoms with Crippen LogP contribution in [0.2, 0.25) is 0 Å². The first-order valence-electron chi connectivity index (χ1n) is 14.3. The minimum atomic E-state index is -1.31. The van der Waals surface area contributed by atoms with E-state index in [-0.39, 0.29) is 35.8 Å². The summed E-state index contributed by atoms with van der Waals surface area (Å²) in [7, 11) is 0. The molecule has 2 heterocycles. The van der Waals surface area contributed by atoms with Crippen molar-refractivity contribution in [2.24, 2.45) is 23.7 Å². The molecule has 0 aromatic heterocycles. The van der Waals surface area contributed by atoms with Gasteiger partial charge in [0.1, 0.15) is 5.75 Å². The van der Waals surface area contributed by atoms with Gasteiger partial charge < -0.3 is 5.11 Å². The molecular weight excluding hydrogens is 530 g/mol. The van der Waals surface area contributed by atoms with E-state index in [9.17, 15) is 24.3 Å². The molecule has 4 amide bonds. The average molecular weight is 562 g/mol. The number of imide groups is 2. The highest BCUT2D eigenvalue weighted by Gasteiger charge is 2.69. The Labute approximate surface area is 243 Å². The summed E-state index contributed by atoms with van der Waals surface area (Å²) in [5, 5.41) is 14.1. The first-order chi connectivity index (χ1) is 20.2. The maximum absolute atomic E-state index is 14.9. The smallest absolute Gasteiger partial charge is 0.260 e. The summed E-state index contributed by atoms with van der Waals surface area (Å²) in [4.78, 5) is 55.2. The molecule has 0 bridgehead atoms. The van der Waals surface area contributed by atoms with Gasteiger partial charge >= 0.3 is 0 Å². The molecule has 8 nitrogen and oxygen atoms in total. The number of amides is 4. The largest absolute Gasteiger partial charge is 0.508 e. The highest BCUT2D eigenvalue weighted by atomic mass is 16.3. The zero-order valence-electron chi connectivity index (χ0n) is 23.3. The van der Waals surface area contributed by atoms with Crippen molar-refractivity contribution >= 4 is 29.3 Å². The lowest BCUT2D eigenvalue weighted by atomic mass is 9.49. The number of carbonyl (C=O) groups excluding carboxylic acids is 4. The van der Waals surface area contributed by atoms with Crippen LogP contribution < -0.4 is 10.7 Å². The number of hydrogen-bond acceptors (Lipinski definition) is 6. The predicted octanol–water partition coefficient (Wildman–Crippen LogP) is 4.28. The van der Waals surface area contributed by atoms with E-state index in [1.165, 1.54) is 0 Å². The fraction of sp³-hybridized carbons (Fsp3) is 0.294. The molecular formula is C34H31N3O5. The summed E-state index contributed by atoms with van der Waals surface area (Å²) in [6.07, 6.45) is 2.66. The molecule has 0 unspecified atom stereocenters. The van der Waals surface area contributed by atoms with Crippen molar-refractivity contribution in [3.05, 3.63) is 107 Å². The van der Waals surface area contributed by atoms with E-state index in [1.807, 2.05) is 73.7 Å². The molecule has 6 atom stereocenters. The number of anilines is 1. The van der Waals surface area contributed by atoms with Gasteiger partial charge in [0.05, 0.1) is 28.9 Å². The van der Waals surface area contributed by atoms with E-state index in [0.29, 0.717) is 23.2 Å². The van der Waals surface area contributed by atoms with Gasteiger partial charge in [0.2, 0.25) is 11.8 Å². The van der Waals surface area contributed by atoms with Gasteiger partial charge in [0.15, 0.2) is 0 Å². The third kappa shape index (κ3) is 3.60. The topological polar surface area (TPSA) is 116 Å². The maximum Gasteiger partial charge on any atom is 0.260 e. The lowest BCUT2D eigenvalue weighted by Gasteiger charge is -2.50. The summed E-state index contributed by atoms with van der Waals surface area (Å²) < 4.78 is 0. The van der Waals surface area contributed by atoms with Gasteiger partial charge in [-0.1, -0.05) is 71.8 Å². The van der Waals surface area contributed by atoms with Crippen molar-refractivity contribution in [1.82, 2.24) is 10.3 Å². The number of aryl methyl sites for hydroxylation is 2. The molecule has 0 radical (unpaired) electrons. The van der Waals surface area contributed by atoms with Crippen LogP contribution in [0.25, 0.3) is 0 Å². The van der Waals surface area contributed by atoms with Crippen LogP contribution in [0.1, 0.15) is 41.0 Å². The Kier molecular flexibility index (Phi) is 5.87. The van der Waals surface area contributed by atoms with Crippen LogP contribution in [0.5, 0.6) is 5.75 Å². The lowest BCUT2D eigenvalue weighted by Crippen LogP contribution is -2.53. The molecule has 8 heteroatoms. The number of phenols is 1. The molecule has 4 aliphatic rings. The van der Waals surface area contributed by atoms with Crippen LogP contribution in [-0.4, -0.2) is 33.7 Å². The number of rotatable bonds is 4. The van der Waals surface area contributed by atoms with Crippen molar-refractivity contribution in [2.75, 3.05) is 5.43 Å². The number of allylic oxidation sites excluding steroid dienone is 2. The summed E-state index contributed by atoms with van der Waals surface area (Å²) in [5.74, 6) is -4.10. The van der Waals surface area contributed by atoms with E-state index in [2.05, 4.69) is 10.7 Å². The van der Waals surface area contributed by atoms with Gasteiger partial charge in [0, 0.05) is 5.92 Å². The number of benzene rings is 3. The number of aromatic hydroxyl groups is 1. The first-order valence-corrected chi connectivity index (χ1v) is 14.3. The number of fused-ring (bicyclic) bond motifs is 4. The standard InChI is InChI=1S/C34H31N3O5/c1-18-8-11-22(12-9-18)36-37-32(41)26-17-25-23(13-14-24-28(25)31(40)35-30(24)39)29(20-10-15-27(38)19(2)16-20)34(26,33(37)42)21-6-4-3-5-7-21/h3-13,15-16,24-26,28-29,36,38H,14,17H2,1-2H3,(H,35,39,40)/t24-,25+,26-,28-,29-,34+/m0/s1. The van der Waals surface area contributed by atoms with E-state index in [4.69, 9.17) is 0 Å². The summed E-state index contributed by atoms with van der Waals surface area (Å²) >= 11 is 0. The van der Waals surface area contributed by atoms with Crippen LogP contribution in [-0.2, 0) is 24.6 Å². The van der Waals surface area contributed by atoms with Gasteiger partial charge in [-0.25, -0.2) is 0 Å². The van der Waals surface area contributed by atoms with Gasteiger partial charge in [-0.05, 0) is 67.5 Å². The molecule has 3 aromatic rings. The Hall–Kier alpha value is -4.72. The van der Waals surface area contributed by atoms with Crippen molar-refractivity contribution in [2.45, 2.75) is 38.0 Å². The van der Waals surface area contributed by atoms with E-state index >= 15 is 0 Å². The van der Waals surface area contributed by atoms with Crippen LogP contribution in [0, 0.1) is 37.5 Å². The summed E-state index contributed by atoms with van der Waals surface area (Å²) in [6.45, 7) is 3.76. The highest BCUT2D eigenvalue weighted by molar-refractivity contribution is 6.13. The van der Waals surface area contributed by atoms with E-state index in [0.717, 1.165) is 21.7 Å². The average Bonchev–Trinajstić information content (AvgIpc) is 3.40. The highest BCUT2D eigenvalue weighted by Crippen LogP contribution is 2.63. The second kappa shape index (κ2) is 9.41. The number of nitrogens with zero attached hydrogens (tertiary/aromatic N) is 1. The van der Waals surface area contributed by atoms with Crippen molar-refractivity contribution in [3.63, 3.8) is 0 Å². The zero-order valence-corrected chi connectivity index (χ0v) is 23.3. The number of hydrazine groups is 1. The molecule has 0 spiro atoms. The Balaban J connectivity index is 1.47. The number of nitrogens with one attached hydrogen (secondary N) is 2. The first kappa shape index (κ1) is 26.2. The second-order valence-electron chi connectivity index (χ2n) is 12.0. The number of carbonyl (C=O) groups is 4. The molecule has 2 saturated heterocycles. The zero-order chi connectivity index (χ0) is 29.3. The van der Waals surface area contributed by atoms with Crippen LogP contribution in [0.4, 0.5) is 5.69 Å². The SMILES string of the molecule is Cc1ccc(NN2C(=O)[C@@H]3C[C@@H]4C(=CC[C@@H]5C(=O)NC(=O)[C@@H]54)[C@H](c4ccc(O)c(C)c4)[C@]3(c3ccccc3)C2=O)cc1. The Morgan fingerprint density at radius 2 is 1.64 bits per heavy atom. The van der Waals surface area contributed by atoms with E-state index in [1.54, 1.807) is 19.1 Å². The fourth-order valence-corrected chi connectivity index (χ4v) is 7.89. The monoisotopic (exact) mass is 561 g/mol. The Bertz CT molecular complexity index is 1680. The molecule has 3 aromatic carbocycles. The Morgan fingerprint density at radius 3 is 2.36 bits per heavy atom. The maximum atomic E-state index is 14.9. The van der Waals surface area contributed by atoms with Crippen molar-refractivity contribution in [1.29, 1.82) is 0 Å². The quantitative estimate of drug-likeness (QED) is 0.324. The number of hydrogen-bond donors (Lipinski definition) is 3. The van der Waals surface area contributed by atoms with Crippen LogP contribution in [0.15, 0.2) is 84.4 Å². The van der Waals surface area contributed by atoms with Crippen LogP contribution in [0.3, 0.4) is 0 Å².